The number of hydrogen-bond donors (Lipinski definition) is 0. The molecule has 0 aliphatic rings. The molecular weight excluding hydrogens is 256 g/mol. The van der Waals surface area contributed by atoms with Crippen molar-refractivity contribution in [2.45, 2.75) is 0 Å². The van der Waals surface area contributed by atoms with Crippen molar-refractivity contribution in [1.29, 1.82) is 0 Å². The summed E-state index contributed by atoms with van der Waals surface area (Å²) in [6.07, 6.45) is 3.47. The second-order valence-corrected chi connectivity index (χ2v) is 4.30. The zero-order chi connectivity index (χ0) is 14.1. The molecule has 0 radical (unpaired) electrons. The van der Waals surface area contributed by atoms with Crippen LogP contribution in [0.2, 0.25) is 0 Å². The number of rotatable bonds is 3. The minimum Gasteiger partial charge on any atom is -0.493 e. The lowest BCUT2D eigenvalue weighted by atomic mass is 10.1. The van der Waals surface area contributed by atoms with Crippen molar-refractivity contribution in [2.75, 3.05) is 14.2 Å². The van der Waals surface area contributed by atoms with Crippen LogP contribution in [0.3, 0.4) is 0 Å². The minimum atomic E-state index is 0.562. The van der Waals surface area contributed by atoms with Crippen LogP contribution >= 0.6 is 0 Å². The first-order valence-electron chi connectivity index (χ1n) is 6.10. The summed E-state index contributed by atoms with van der Waals surface area (Å²) in [6.45, 7) is 0. The van der Waals surface area contributed by atoms with Crippen LogP contribution in [0.25, 0.3) is 22.6 Å². The van der Waals surface area contributed by atoms with Gasteiger partial charge in [-0.3, -0.25) is 0 Å². The molecule has 0 atom stereocenters. The van der Waals surface area contributed by atoms with E-state index in [9.17, 15) is 0 Å². The summed E-state index contributed by atoms with van der Waals surface area (Å²) < 4.78 is 12.6. The lowest BCUT2D eigenvalue weighted by Crippen LogP contribution is -1.97. The van der Waals surface area contributed by atoms with Gasteiger partial charge in [0, 0.05) is 7.05 Å². The lowest BCUT2D eigenvalue weighted by Gasteiger charge is -2.11. The van der Waals surface area contributed by atoms with Crippen LogP contribution < -0.4 is 9.47 Å². The van der Waals surface area contributed by atoms with Crippen LogP contribution in [0, 0.1) is 0 Å². The van der Waals surface area contributed by atoms with E-state index >= 15 is 0 Å². The van der Waals surface area contributed by atoms with Crippen molar-refractivity contribution in [3.05, 3.63) is 30.7 Å². The van der Waals surface area contributed by atoms with Gasteiger partial charge in [-0.15, -0.1) is 0 Å². The largest absolute Gasteiger partial charge is 0.493 e. The highest BCUT2D eigenvalue weighted by Gasteiger charge is 2.14. The van der Waals surface area contributed by atoms with E-state index in [1.807, 2.05) is 29.8 Å². The number of para-hydroxylation sites is 1. The van der Waals surface area contributed by atoms with E-state index in [0.29, 0.717) is 23.0 Å². The Labute approximate surface area is 116 Å². The smallest absolute Gasteiger partial charge is 0.181 e. The summed E-state index contributed by atoms with van der Waals surface area (Å²) >= 11 is 0. The summed E-state index contributed by atoms with van der Waals surface area (Å²) in [6, 6.07) is 5.61. The third kappa shape index (κ3) is 1.85. The summed E-state index contributed by atoms with van der Waals surface area (Å²) in [5.41, 5.74) is 2.32. The van der Waals surface area contributed by atoms with Crippen LogP contribution in [0.15, 0.2) is 30.7 Å². The Kier molecular flexibility index (Phi) is 2.98. The van der Waals surface area contributed by atoms with Crippen molar-refractivity contribution < 1.29 is 9.47 Å². The molecule has 0 saturated carbocycles. The Balaban J connectivity index is 2.19. The number of aromatic nitrogens is 4. The zero-order valence-electron chi connectivity index (χ0n) is 11.5. The molecule has 0 fully saturated rings. The number of imidazole rings is 1. The van der Waals surface area contributed by atoms with Gasteiger partial charge in [-0.1, -0.05) is 6.07 Å². The second-order valence-electron chi connectivity index (χ2n) is 4.30. The number of benzene rings is 1. The summed E-state index contributed by atoms with van der Waals surface area (Å²) in [5.74, 6) is 1.83. The fourth-order valence-corrected chi connectivity index (χ4v) is 2.11. The Morgan fingerprint density at radius 2 is 1.95 bits per heavy atom. The normalized spacial score (nSPS) is 10.8. The maximum Gasteiger partial charge on any atom is 0.181 e. The summed E-state index contributed by atoms with van der Waals surface area (Å²) in [5, 5.41) is 0. The fraction of sp³-hybridized carbons (Fsp3) is 0.214. The highest BCUT2D eigenvalue weighted by Crippen LogP contribution is 2.36. The molecule has 0 bridgehead atoms. The maximum absolute atomic E-state index is 5.41. The average Bonchev–Trinajstić information content (AvgIpc) is 2.87. The van der Waals surface area contributed by atoms with Crippen molar-refractivity contribution in [1.82, 2.24) is 19.5 Å². The van der Waals surface area contributed by atoms with Gasteiger partial charge in [0.1, 0.15) is 5.52 Å². The molecule has 3 rings (SSSR count). The van der Waals surface area contributed by atoms with Gasteiger partial charge in [-0.2, -0.15) is 0 Å². The first-order chi connectivity index (χ1) is 9.74. The molecular formula is C14H14N4O2. The van der Waals surface area contributed by atoms with E-state index in [-0.39, 0.29) is 0 Å². The molecule has 0 aliphatic heterocycles. The average molecular weight is 270 g/mol. The molecule has 1 aromatic carbocycles. The molecule has 102 valence electrons. The Morgan fingerprint density at radius 1 is 1.10 bits per heavy atom. The second kappa shape index (κ2) is 4.80. The van der Waals surface area contributed by atoms with Crippen molar-refractivity contribution in [2.24, 2.45) is 7.05 Å². The van der Waals surface area contributed by atoms with Gasteiger partial charge in [0.25, 0.3) is 0 Å². The number of nitrogens with zero attached hydrogens (tertiary/aromatic N) is 4. The van der Waals surface area contributed by atoms with Gasteiger partial charge in [0.05, 0.1) is 32.3 Å². The molecule has 0 N–H and O–H groups in total. The van der Waals surface area contributed by atoms with Gasteiger partial charge in [-0.25, -0.2) is 15.0 Å². The Hall–Kier alpha value is -2.63. The quantitative estimate of drug-likeness (QED) is 0.729. The third-order valence-electron chi connectivity index (χ3n) is 3.13. The predicted octanol–water partition coefficient (Wildman–Crippen LogP) is 2.05. The van der Waals surface area contributed by atoms with Crippen molar-refractivity contribution in [3.63, 3.8) is 0 Å². The molecule has 2 aromatic heterocycles. The van der Waals surface area contributed by atoms with Crippen LogP contribution in [0.1, 0.15) is 0 Å². The van der Waals surface area contributed by atoms with Crippen molar-refractivity contribution in [3.8, 4) is 22.9 Å². The van der Waals surface area contributed by atoms with E-state index in [1.165, 1.54) is 0 Å². The molecule has 2 heterocycles. The van der Waals surface area contributed by atoms with Gasteiger partial charge in [0.15, 0.2) is 23.0 Å². The molecule has 3 aromatic rings. The van der Waals surface area contributed by atoms with E-state index in [0.717, 1.165) is 11.1 Å². The van der Waals surface area contributed by atoms with E-state index in [4.69, 9.17) is 9.47 Å². The first kappa shape index (κ1) is 12.4. The molecule has 20 heavy (non-hydrogen) atoms. The van der Waals surface area contributed by atoms with Crippen LogP contribution in [-0.2, 0) is 7.05 Å². The molecule has 6 heteroatoms. The standard InChI is InChI=1S/C14H14N4O2/c1-18-8-16-14-10(18)7-15-13(17-14)9-5-4-6-11(19-2)12(9)20-3/h4-8H,1-3H3. The van der Waals surface area contributed by atoms with Crippen LogP contribution in [0.4, 0.5) is 0 Å². The molecule has 6 nitrogen and oxygen atoms in total. The molecule has 0 amide bonds. The third-order valence-corrected chi connectivity index (χ3v) is 3.13. The van der Waals surface area contributed by atoms with Crippen LogP contribution in [-0.4, -0.2) is 33.7 Å². The van der Waals surface area contributed by atoms with Gasteiger partial charge in [-0.05, 0) is 12.1 Å². The molecule has 0 aliphatic carbocycles. The highest BCUT2D eigenvalue weighted by atomic mass is 16.5. The monoisotopic (exact) mass is 270 g/mol. The molecule has 0 saturated heterocycles. The number of ether oxygens (including phenoxy) is 2. The lowest BCUT2D eigenvalue weighted by molar-refractivity contribution is 0.356. The zero-order valence-corrected chi connectivity index (χ0v) is 11.5. The SMILES string of the molecule is COc1cccc(-c2ncc3c(ncn3C)n2)c1OC. The maximum atomic E-state index is 5.41. The van der Waals surface area contributed by atoms with Crippen molar-refractivity contribution >= 4 is 11.2 Å². The topological polar surface area (TPSA) is 62.1 Å². The number of fused-ring (bicyclic) bond motifs is 1. The Bertz CT molecular complexity index is 767. The van der Waals surface area contributed by atoms with Gasteiger partial charge >= 0.3 is 0 Å². The Morgan fingerprint density at radius 3 is 2.70 bits per heavy atom. The minimum absolute atomic E-state index is 0.562. The molecule has 0 spiro atoms. The van der Waals surface area contributed by atoms with E-state index < -0.39 is 0 Å². The predicted molar refractivity (Wildman–Crippen MR) is 74.8 cm³/mol. The number of aryl methyl sites for hydroxylation is 1. The first-order valence-corrected chi connectivity index (χ1v) is 6.10. The van der Waals surface area contributed by atoms with Gasteiger partial charge < -0.3 is 14.0 Å². The highest BCUT2D eigenvalue weighted by molar-refractivity contribution is 5.75. The van der Waals surface area contributed by atoms with E-state index in [1.54, 1.807) is 26.7 Å². The van der Waals surface area contributed by atoms with Gasteiger partial charge in [0.2, 0.25) is 0 Å². The summed E-state index contributed by atoms with van der Waals surface area (Å²) in [7, 11) is 5.11. The number of methoxy groups -OCH3 is 2. The fourth-order valence-electron chi connectivity index (χ4n) is 2.11. The number of hydrogen-bond acceptors (Lipinski definition) is 5. The van der Waals surface area contributed by atoms with E-state index in [2.05, 4.69) is 15.0 Å². The summed E-state index contributed by atoms with van der Waals surface area (Å²) in [4.78, 5) is 13.1. The van der Waals surface area contributed by atoms with Crippen LogP contribution in [0.5, 0.6) is 11.5 Å². The molecule has 0 unspecified atom stereocenters.